The van der Waals surface area contributed by atoms with Crippen LogP contribution in [0, 0.1) is 6.92 Å². The summed E-state index contributed by atoms with van der Waals surface area (Å²) in [5, 5.41) is 1.15. The smallest absolute Gasteiger partial charge is 0.279 e. The van der Waals surface area contributed by atoms with Crippen molar-refractivity contribution in [2.24, 2.45) is 0 Å². The van der Waals surface area contributed by atoms with Crippen LogP contribution in [-0.4, -0.2) is 24.5 Å². The summed E-state index contributed by atoms with van der Waals surface area (Å²) in [5.41, 5.74) is 5.39. The first kappa shape index (κ1) is 21.3. The molecular weight excluding hydrogens is 459 g/mol. The average Bonchev–Trinajstić information content (AvgIpc) is 2.62. The monoisotopic (exact) mass is 474 g/mol. The molecule has 2 amide bonds. The second kappa shape index (κ2) is 9.82. The summed E-state index contributed by atoms with van der Waals surface area (Å²) in [6.45, 7) is 3.12. The molecule has 27 heavy (non-hydrogen) atoms. The Labute approximate surface area is 175 Å². The van der Waals surface area contributed by atoms with Gasteiger partial charge in [0.1, 0.15) is 11.5 Å². The van der Waals surface area contributed by atoms with Crippen LogP contribution in [0.2, 0.25) is 10.0 Å². The zero-order valence-corrected chi connectivity index (χ0v) is 17.6. The van der Waals surface area contributed by atoms with E-state index in [1.54, 1.807) is 43.3 Å². The van der Waals surface area contributed by atoms with Crippen LogP contribution in [-0.2, 0) is 9.59 Å². The molecule has 0 aliphatic heterocycles. The molecule has 0 saturated carbocycles. The van der Waals surface area contributed by atoms with Crippen molar-refractivity contribution in [2.75, 3.05) is 6.61 Å². The van der Waals surface area contributed by atoms with Crippen LogP contribution < -0.4 is 20.3 Å². The number of hydrazine groups is 1. The van der Waals surface area contributed by atoms with Gasteiger partial charge in [0.25, 0.3) is 11.8 Å². The van der Waals surface area contributed by atoms with E-state index in [1.807, 2.05) is 6.92 Å². The van der Waals surface area contributed by atoms with E-state index in [0.29, 0.717) is 26.0 Å². The average molecular weight is 476 g/mol. The lowest BCUT2D eigenvalue weighted by atomic mass is 10.2. The quantitative estimate of drug-likeness (QED) is 0.617. The molecule has 144 valence electrons. The minimum absolute atomic E-state index is 0.265. The number of halogens is 3. The molecule has 0 bridgehead atoms. The molecule has 0 aromatic heterocycles. The fourth-order valence-corrected chi connectivity index (χ4v) is 2.83. The van der Waals surface area contributed by atoms with Crippen LogP contribution in [0.15, 0.2) is 40.9 Å². The molecule has 6 nitrogen and oxygen atoms in total. The lowest BCUT2D eigenvalue weighted by Crippen LogP contribution is -2.48. The number of carbonyl (C=O) groups excluding carboxylic acids is 2. The summed E-state index contributed by atoms with van der Waals surface area (Å²) < 4.78 is 11.5. The van der Waals surface area contributed by atoms with Crippen molar-refractivity contribution >= 4 is 50.9 Å². The van der Waals surface area contributed by atoms with Crippen LogP contribution in [0.5, 0.6) is 11.5 Å². The van der Waals surface area contributed by atoms with Gasteiger partial charge in [-0.05, 0) is 71.7 Å². The van der Waals surface area contributed by atoms with Crippen LogP contribution in [0.1, 0.15) is 12.5 Å². The number of hydrogen-bond acceptors (Lipinski definition) is 4. The predicted octanol–water partition coefficient (Wildman–Crippen LogP) is 4.06. The lowest BCUT2D eigenvalue weighted by Gasteiger charge is -2.16. The van der Waals surface area contributed by atoms with E-state index in [2.05, 4.69) is 26.8 Å². The Balaban J connectivity index is 1.78. The highest BCUT2D eigenvalue weighted by Crippen LogP contribution is 2.28. The number of benzene rings is 2. The number of nitrogens with one attached hydrogen (secondary N) is 2. The molecular formula is C18H17BrCl2N2O4. The predicted molar refractivity (Wildman–Crippen MR) is 107 cm³/mol. The Morgan fingerprint density at radius 3 is 2.56 bits per heavy atom. The number of amides is 2. The fraction of sp³-hybridized carbons (Fsp3) is 0.222. The maximum absolute atomic E-state index is 12.0. The van der Waals surface area contributed by atoms with E-state index < -0.39 is 17.9 Å². The Bertz CT molecular complexity index is 848. The van der Waals surface area contributed by atoms with Gasteiger partial charge in [-0.3, -0.25) is 20.4 Å². The van der Waals surface area contributed by atoms with Crippen LogP contribution >= 0.6 is 39.1 Å². The van der Waals surface area contributed by atoms with Gasteiger partial charge in [-0.15, -0.1) is 0 Å². The first-order valence-electron chi connectivity index (χ1n) is 7.85. The third-order valence-electron chi connectivity index (χ3n) is 3.39. The summed E-state index contributed by atoms with van der Waals surface area (Å²) in [7, 11) is 0. The number of aryl methyl sites for hydroxylation is 1. The Morgan fingerprint density at radius 1 is 1.15 bits per heavy atom. The van der Waals surface area contributed by atoms with Gasteiger partial charge in [-0.25, -0.2) is 0 Å². The van der Waals surface area contributed by atoms with Gasteiger partial charge in [0.05, 0.1) is 4.47 Å². The second-order valence-electron chi connectivity index (χ2n) is 5.57. The van der Waals surface area contributed by atoms with Crippen molar-refractivity contribution in [3.63, 3.8) is 0 Å². The molecule has 2 aromatic carbocycles. The minimum Gasteiger partial charge on any atom is -0.484 e. The Morgan fingerprint density at radius 2 is 1.89 bits per heavy atom. The molecule has 2 aromatic rings. The standard InChI is InChI=1S/C18H17BrCl2N2O4/c1-10-7-13(4-5-15(10)21)26-9-17(24)22-23-18(25)11(2)27-16-6-3-12(20)8-14(16)19/h3-8,11H,9H2,1-2H3,(H,22,24)(H,23,25). The lowest BCUT2D eigenvalue weighted by molar-refractivity contribution is -0.133. The number of hydrogen-bond donors (Lipinski definition) is 2. The molecule has 0 spiro atoms. The van der Waals surface area contributed by atoms with Crippen molar-refractivity contribution < 1.29 is 19.1 Å². The summed E-state index contributed by atoms with van der Waals surface area (Å²) in [6.07, 6.45) is -0.845. The molecule has 0 aliphatic rings. The summed E-state index contributed by atoms with van der Waals surface area (Å²) in [6, 6.07) is 9.98. The molecule has 1 unspecified atom stereocenters. The van der Waals surface area contributed by atoms with Crippen LogP contribution in [0.25, 0.3) is 0 Å². The largest absolute Gasteiger partial charge is 0.484 e. The summed E-state index contributed by atoms with van der Waals surface area (Å²) >= 11 is 15.1. The van der Waals surface area contributed by atoms with Crippen molar-refractivity contribution in [2.45, 2.75) is 20.0 Å². The molecule has 2 rings (SSSR count). The zero-order chi connectivity index (χ0) is 20.0. The minimum atomic E-state index is -0.845. The van der Waals surface area contributed by atoms with Crippen LogP contribution in [0.4, 0.5) is 0 Å². The van der Waals surface area contributed by atoms with Crippen molar-refractivity contribution in [3.05, 3.63) is 56.5 Å². The maximum Gasteiger partial charge on any atom is 0.279 e. The molecule has 9 heteroatoms. The highest BCUT2D eigenvalue weighted by atomic mass is 79.9. The van der Waals surface area contributed by atoms with Crippen molar-refractivity contribution in [1.29, 1.82) is 0 Å². The third kappa shape index (κ3) is 6.61. The van der Waals surface area contributed by atoms with E-state index in [-0.39, 0.29) is 6.61 Å². The van der Waals surface area contributed by atoms with Gasteiger partial charge < -0.3 is 9.47 Å². The van der Waals surface area contributed by atoms with Gasteiger partial charge in [-0.1, -0.05) is 23.2 Å². The normalized spacial score (nSPS) is 11.4. The maximum atomic E-state index is 12.0. The number of rotatable bonds is 6. The summed E-state index contributed by atoms with van der Waals surface area (Å²) in [4.78, 5) is 23.8. The van der Waals surface area contributed by atoms with Gasteiger partial charge in [0.15, 0.2) is 12.7 Å². The van der Waals surface area contributed by atoms with Gasteiger partial charge in [-0.2, -0.15) is 0 Å². The Kier molecular flexibility index (Phi) is 7.77. The SMILES string of the molecule is Cc1cc(OCC(=O)NNC(=O)C(C)Oc2ccc(Cl)cc2Br)ccc1Cl. The van der Waals surface area contributed by atoms with E-state index in [4.69, 9.17) is 32.7 Å². The summed E-state index contributed by atoms with van der Waals surface area (Å²) in [5.74, 6) is -0.0825. The number of ether oxygens (including phenoxy) is 2. The molecule has 1 atom stereocenters. The highest BCUT2D eigenvalue weighted by Gasteiger charge is 2.17. The molecule has 0 aliphatic carbocycles. The molecule has 2 N–H and O–H groups in total. The first-order chi connectivity index (χ1) is 12.8. The topological polar surface area (TPSA) is 76.7 Å². The zero-order valence-electron chi connectivity index (χ0n) is 14.5. The van der Waals surface area contributed by atoms with Crippen molar-refractivity contribution in [1.82, 2.24) is 10.9 Å². The first-order valence-corrected chi connectivity index (χ1v) is 9.40. The number of carbonyl (C=O) groups is 2. The van der Waals surface area contributed by atoms with E-state index in [1.165, 1.54) is 0 Å². The van der Waals surface area contributed by atoms with Crippen LogP contribution in [0.3, 0.4) is 0 Å². The molecule has 0 saturated heterocycles. The molecule has 0 heterocycles. The van der Waals surface area contributed by atoms with Gasteiger partial charge in [0.2, 0.25) is 0 Å². The molecule has 0 radical (unpaired) electrons. The third-order valence-corrected chi connectivity index (χ3v) is 4.67. The second-order valence-corrected chi connectivity index (χ2v) is 7.27. The molecule has 0 fully saturated rings. The van der Waals surface area contributed by atoms with Gasteiger partial charge in [0, 0.05) is 10.0 Å². The van der Waals surface area contributed by atoms with E-state index in [9.17, 15) is 9.59 Å². The van der Waals surface area contributed by atoms with E-state index >= 15 is 0 Å². The highest BCUT2D eigenvalue weighted by molar-refractivity contribution is 9.10. The Hall–Kier alpha value is -1.96. The van der Waals surface area contributed by atoms with E-state index in [0.717, 1.165) is 5.56 Å². The van der Waals surface area contributed by atoms with Crippen molar-refractivity contribution in [3.8, 4) is 11.5 Å². The van der Waals surface area contributed by atoms with Gasteiger partial charge >= 0.3 is 0 Å². The fourth-order valence-electron chi connectivity index (χ4n) is 1.94.